The van der Waals surface area contributed by atoms with Crippen molar-refractivity contribution in [3.63, 3.8) is 0 Å². The van der Waals surface area contributed by atoms with Crippen molar-refractivity contribution in [2.45, 2.75) is 52.9 Å². The number of hydrogen-bond donors (Lipinski definition) is 1. The van der Waals surface area contributed by atoms with Crippen molar-refractivity contribution in [1.82, 2.24) is 9.78 Å². The number of aromatic nitrogens is 2. The molecule has 0 aliphatic heterocycles. The molecule has 25 heavy (non-hydrogen) atoms. The minimum Gasteiger partial charge on any atom is -0.326 e. The second-order valence-electron chi connectivity index (χ2n) is 6.81. The first-order chi connectivity index (χ1) is 12.0. The molecule has 1 heterocycles. The summed E-state index contributed by atoms with van der Waals surface area (Å²) < 4.78 is 1.50. The van der Waals surface area contributed by atoms with Crippen LogP contribution >= 0.6 is 0 Å². The van der Waals surface area contributed by atoms with Crippen molar-refractivity contribution in [2.75, 3.05) is 5.32 Å². The van der Waals surface area contributed by atoms with Crippen LogP contribution in [0.3, 0.4) is 0 Å². The Kier molecular flexibility index (Phi) is 5.02. The molecule has 132 valence electrons. The Bertz CT molecular complexity index is 786. The number of nitrogens with one attached hydrogen (secondary N) is 1. The predicted molar refractivity (Wildman–Crippen MR) is 97.8 cm³/mol. The summed E-state index contributed by atoms with van der Waals surface area (Å²) in [5.41, 5.74) is 4.31. The lowest BCUT2D eigenvalue weighted by Crippen LogP contribution is -2.16. The molecule has 3 rings (SSSR count). The topological polar surface area (TPSA) is 64.0 Å². The molecule has 0 radical (unpaired) electrons. The number of rotatable bonds is 6. The highest BCUT2D eigenvalue weighted by atomic mass is 16.2. The molecule has 5 nitrogen and oxygen atoms in total. The van der Waals surface area contributed by atoms with Crippen LogP contribution in [0.2, 0.25) is 0 Å². The highest BCUT2D eigenvalue weighted by Crippen LogP contribution is 2.30. The van der Waals surface area contributed by atoms with Gasteiger partial charge in [0, 0.05) is 22.9 Å². The number of unbranched alkanes of at least 4 members (excludes halogenated alkanes) is 1. The number of hydrogen-bond acceptors (Lipinski definition) is 3. The Morgan fingerprint density at radius 1 is 1.20 bits per heavy atom. The van der Waals surface area contributed by atoms with Crippen LogP contribution in [0.25, 0.3) is 0 Å². The maximum atomic E-state index is 12.8. The number of aryl methyl sites for hydroxylation is 1. The van der Waals surface area contributed by atoms with E-state index in [2.05, 4.69) is 17.3 Å². The molecule has 1 aliphatic rings. The fourth-order valence-corrected chi connectivity index (χ4v) is 3.00. The summed E-state index contributed by atoms with van der Waals surface area (Å²) in [6, 6.07) is 7.04. The summed E-state index contributed by atoms with van der Waals surface area (Å²) >= 11 is 0. The fourth-order valence-electron chi connectivity index (χ4n) is 3.00. The highest BCUT2D eigenvalue weighted by molar-refractivity contribution is 5.97. The van der Waals surface area contributed by atoms with E-state index < -0.39 is 0 Å². The summed E-state index contributed by atoms with van der Waals surface area (Å²) in [5, 5.41) is 7.32. The average molecular weight is 339 g/mol. The number of carbonyl (C=O) groups excluding carboxylic acids is 2. The molecular weight excluding hydrogens is 314 g/mol. The van der Waals surface area contributed by atoms with E-state index in [0.29, 0.717) is 5.56 Å². The number of benzene rings is 1. The Balaban J connectivity index is 1.75. The maximum Gasteiger partial charge on any atom is 0.278 e. The zero-order chi connectivity index (χ0) is 18.0. The molecule has 0 bridgehead atoms. The van der Waals surface area contributed by atoms with Gasteiger partial charge in [0.15, 0.2) is 0 Å². The zero-order valence-corrected chi connectivity index (χ0v) is 15.1. The van der Waals surface area contributed by atoms with Gasteiger partial charge in [0.2, 0.25) is 5.91 Å². The first-order valence-electron chi connectivity index (χ1n) is 9.02. The minimum absolute atomic E-state index is 0.0678. The quantitative estimate of drug-likeness (QED) is 0.868. The van der Waals surface area contributed by atoms with Gasteiger partial charge < -0.3 is 5.32 Å². The van der Waals surface area contributed by atoms with Gasteiger partial charge in [-0.3, -0.25) is 9.59 Å². The van der Waals surface area contributed by atoms with Crippen LogP contribution in [0.5, 0.6) is 0 Å². The van der Waals surface area contributed by atoms with Crippen molar-refractivity contribution in [3.05, 3.63) is 46.8 Å². The summed E-state index contributed by atoms with van der Waals surface area (Å²) in [5.74, 6) is 0.0964. The number of amides is 1. The van der Waals surface area contributed by atoms with E-state index in [1.807, 2.05) is 13.8 Å². The van der Waals surface area contributed by atoms with Crippen molar-refractivity contribution in [1.29, 1.82) is 0 Å². The molecule has 1 aromatic carbocycles. The third-order valence-corrected chi connectivity index (χ3v) is 4.76. The standard InChI is InChI=1S/C20H25N3O2/c1-4-5-6-18-13(2)22-23(14(18)3)20(25)16-9-11-17(12-10-16)21-19(24)15-7-8-15/h9-12,15H,4-8H2,1-3H3,(H,21,24). The molecule has 1 aromatic heterocycles. The van der Waals surface area contributed by atoms with Crippen molar-refractivity contribution in [2.24, 2.45) is 5.92 Å². The monoisotopic (exact) mass is 339 g/mol. The maximum absolute atomic E-state index is 12.8. The first-order valence-corrected chi connectivity index (χ1v) is 9.02. The average Bonchev–Trinajstić information content (AvgIpc) is 3.41. The van der Waals surface area contributed by atoms with E-state index in [1.54, 1.807) is 24.3 Å². The SMILES string of the molecule is CCCCc1c(C)nn(C(=O)c2ccc(NC(=O)C3CC3)cc2)c1C. The van der Waals surface area contributed by atoms with Gasteiger partial charge in [-0.15, -0.1) is 0 Å². The lowest BCUT2D eigenvalue weighted by Gasteiger charge is -2.07. The molecule has 0 atom stereocenters. The smallest absolute Gasteiger partial charge is 0.278 e. The molecule has 1 fully saturated rings. The van der Waals surface area contributed by atoms with E-state index >= 15 is 0 Å². The van der Waals surface area contributed by atoms with E-state index in [0.717, 1.165) is 49.2 Å². The summed E-state index contributed by atoms with van der Waals surface area (Å²) in [6.07, 6.45) is 5.11. The van der Waals surface area contributed by atoms with E-state index in [9.17, 15) is 9.59 Å². The predicted octanol–water partition coefficient (Wildman–Crippen LogP) is 3.88. The third-order valence-electron chi connectivity index (χ3n) is 4.76. The molecule has 1 aliphatic carbocycles. The van der Waals surface area contributed by atoms with Crippen molar-refractivity contribution < 1.29 is 9.59 Å². The molecule has 1 N–H and O–H groups in total. The first kappa shape index (κ1) is 17.4. The van der Waals surface area contributed by atoms with Gasteiger partial charge in [0.25, 0.3) is 5.91 Å². The Labute approximate surface area is 148 Å². The molecule has 1 amide bonds. The molecule has 5 heteroatoms. The highest BCUT2D eigenvalue weighted by Gasteiger charge is 2.29. The van der Waals surface area contributed by atoms with E-state index in [1.165, 1.54) is 10.2 Å². The Morgan fingerprint density at radius 2 is 1.88 bits per heavy atom. The lowest BCUT2D eigenvalue weighted by atomic mass is 10.1. The second kappa shape index (κ2) is 7.21. The lowest BCUT2D eigenvalue weighted by molar-refractivity contribution is -0.117. The van der Waals surface area contributed by atoms with Gasteiger partial charge in [0.05, 0.1) is 5.69 Å². The molecule has 0 saturated heterocycles. The van der Waals surface area contributed by atoms with E-state index in [-0.39, 0.29) is 17.7 Å². The van der Waals surface area contributed by atoms with E-state index in [4.69, 9.17) is 0 Å². The third kappa shape index (κ3) is 3.81. The van der Waals surface area contributed by atoms with Gasteiger partial charge in [-0.2, -0.15) is 5.10 Å². The van der Waals surface area contributed by atoms with Crippen molar-refractivity contribution >= 4 is 17.5 Å². The summed E-state index contributed by atoms with van der Waals surface area (Å²) in [4.78, 5) is 24.6. The van der Waals surface area contributed by atoms with Crippen LogP contribution in [0.1, 0.15) is 59.9 Å². The second-order valence-corrected chi connectivity index (χ2v) is 6.81. The number of anilines is 1. The largest absolute Gasteiger partial charge is 0.326 e. The van der Waals surface area contributed by atoms with Gasteiger partial charge in [-0.05, 0) is 69.4 Å². The minimum atomic E-state index is -0.136. The summed E-state index contributed by atoms with van der Waals surface area (Å²) in [7, 11) is 0. The van der Waals surface area contributed by atoms with Crippen LogP contribution in [-0.2, 0) is 11.2 Å². The van der Waals surface area contributed by atoms with Crippen LogP contribution in [0.15, 0.2) is 24.3 Å². The Morgan fingerprint density at radius 3 is 2.48 bits per heavy atom. The van der Waals surface area contributed by atoms with Crippen molar-refractivity contribution in [3.8, 4) is 0 Å². The van der Waals surface area contributed by atoms with Gasteiger partial charge >= 0.3 is 0 Å². The molecule has 1 saturated carbocycles. The van der Waals surface area contributed by atoms with Crippen LogP contribution in [-0.4, -0.2) is 21.6 Å². The Hall–Kier alpha value is -2.43. The van der Waals surface area contributed by atoms with Crippen LogP contribution < -0.4 is 5.32 Å². The van der Waals surface area contributed by atoms with Crippen LogP contribution in [0.4, 0.5) is 5.69 Å². The molecular formula is C20H25N3O2. The van der Waals surface area contributed by atoms with Gasteiger partial charge in [-0.1, -0.05) is 13.3 Å². The zero-order valence-electron chi connectivity index (χ0n) is 15.1. The van der Waals surface area contributed by atoms with Crippen LogP contribution in [0, 0.1) is 19.8 Å². The molecule has 2 aromatic rings. The number of nitrogens with zero attached hydrogens (tertiary/aromatic N) is 2. The molecule has 0 unspecified atom stereocenters. The van der Waals surface area contributed by atoms with Gasteiger partial charge in [0.1, 0.15) is 0 Å². The molecule has 0 spiro atoms. The number of carbonyl (C=O) groups is 2. The normalized spacial score (nSPS) is 13.7. The summed E-state index contributed by atoms with van der Waals surface area (Å²) in [6.45, 7) is 6.06. The fraction of sp³-hybridized carbons (Fsp3) is 0.450. The van der Waals surface area contributed by atoms with Gasteiger partial charge in [-0.25, -0.2) is 4.68 Å².